The number of carboxylic acid groups (broad SMARTS) is 1. The quantitative estimate of drug-likeness (QED) is 0.314. The number of aliphatic carboxylic acids is 1. The Morgan fingerprint density at radius 3 is 2.26 bits per heavy atom. The van der Waals surface area contributed by atoms with Crippen molar-refractivity contribution < 1.29 is 34.1 Å². The van der Waals surface area contributed by atoms with E-state index in [2.05, 4.69) is 0 Å². The third-order valence-corrected chi connectivity index (χ3v) is 5.38. The maximum absolute atomic E-state index is 13.2. The maximum Gasteiger partial charge on any atom is 0.341 e. The number of ether oxygens (including phenoxy) is 2. The van der Waals surface area contributed by atoms with E-state index in [1.807, 2.05) is 0 Å². The second kappa shape index (κ2) is 9.50. The molecule has 2 N–H and O–H groups in total. The lowest BCUT2D eigenvalue weighted by molar-refractivity contribution is -0.139. The standard InChI is InChI=1S/C26H21NO7/c1-33-20-9-5-8-17(14-20)23-22(24(30)16-6-3-2-4-7-16)25(31)26(32)27(23)18-10-12-19(13-11-18)34-15-21(28)29/h2-14,23,30H,15H2,1H3,(H,28,29). The monoisotopic (exact) mass is 459 g/mol. The number of Topliss-reactive ketones (excluding diaryl/α,β-unsaturated/α-hetero) is 1. The molecule has 172 valence electrons. The Labute approximate surface area is 195 Å². The van der Waals surface area contributed by atoms with Gasteiger partial charge in [-0.1, -0.05) is 42.5 Å². The summed E-state index contributed by atoms with van der Waals surface area (Å²) in [7, 11) is 1.51. The number of nitrogens with zero attached hydrogens (tertiary/aromatic N) is 1. The van der Waals surface area contributed by atoms with Gasteiger partial charge in [0.05, 0.1) is 18.7 Å². The van der Waals surface area contributed by atoms with Crippen molar-refractivity contribution in [1.82, 2.24) is 0 Å². The van der Waals surface area contributed by atoms with Crippen LogP contribution in [0, 0.1) is 0 Å². The summed E-state index contributed by atoms with van der Waals surface area (Å²) >= 11 is 0. The van der Waals surface area contributed by atoms with Gasteiger partial charge in [0.25, 0.3) is 11.7 Å². The van der Waals surface area contributed by atoms with Crippen LogP contribution in [0.25, 0.3) is 5.76 Å². The highest BCUT2D eigenvalue weighted by Crippen LogP contribution is 2.43. The Kier molecular flexibility index (Phi) is 6.31. The van der Waals surface area contributed by atoms with Gasteiger partial charge < -0.3 is 19.7 Å². The zero-order valence-corrected chi connectivity index (χ0v) is 18.2. The van der Waals surface area contributed by atoms with E-state index < -0.39 is 30.3 Å². The number of methoxy groups -OCH3 is 1. The van der Waals surface area contributed by atoms with Gasteiger partial charge in [0.2, 0.25) is 0 Å². The number of ketones is 1. The third-order valence-electron chi connectivity index (χ3n) is 5.38. The topological polar surface area (TPSA) is 113 Å². The first kappa shape index (κ1) is 22.6. The molecule has 1 fully saturated rings. The van der Waals surface area contributed by atoms with Gasteiger partial charge in [0.1, 0.15) is 17.3 Å². The molecule has 3 aromatic rings. The second-order valence-electron chi connectivity index (χ2n) is 7.49. The van der Waals surface area contributed by atoms with Crippen LogP contribution in [-0.4, -0.2) is 41.6 Å². The predicted octanol–water partition coefficient (Wildman–Crippen LogP) is 3.78. The van der Waals surface area contributed by atoms with Crippen LogP contribution in [0.3, 0.4) is 0 Å². The van der Waals surface area contributed by atoms with Crippen LogP contribution in [0.2, 0.25) is 0 Å². The fraction of sp³-hybridized carbons (Fsp3) is 0.115. The molecule has 3 aromatic carbocycles. The number of rotatable bonds is 7. The average molecular weight is 459 g/mol. The Bertz CT molecular complexity index is 1270. The van der Waals surface area contributed by atoms with Crippen molar-refractivity contribution in [2.75, 3.05) is 18.6 Å². The summed E-state index contributed by atoms with van der Waals surface area (Å²) in [5.41, 5.74) is 1.31. The van der Waals surface area contributed by atoms with Crippen molar-refractivity contribution in [2.45, 2.75) is 6.04 Å². The minimum absolute atomic E-state index is 0.0457. The molecule has 0 aliphatic carbocycles. The number of amides is 1. The van der Waals surface area contributed by atoms with E-state index in [0.29, 0.717) is 28.3 Å². The molecule has 1 aliphatic heterocycles. The molecule has 1 saturated heterocycles. The summed E-state index contributed by atoms with van der Waals surface area (Å²) < 4.78 is 10.5. The van der Waals surface area contributed by atoms with E-state index >= 15 is 0 Å². The highest BCUT2D eigenvalue weighted by atomic mass is 16.5. The second-order valence-corrected chi connectivity index (χ2v) is 7.49. The zero-order valence-electron chi connectivity index (χ0n) is 18.2. The molecule has 0 bridgehead atoms. The van der Waals surface area contributed by atoms with Gasteiger partial charge >= 0.3 is 5.97 Å². The van der Waals surface area contributed by atoms with Gasteiger partial charge in [-0.3, -0.25) is 14.5 Å². The van der Waals surface area contributed by atoms with E-state index in [1.165, 1.54) is 24.1 Å². The first-order valence-corrected chi connectivity index (χ1v) is 10.4. The highest BCUT2D eigenvalue weighted by Gasteiger charge is 2.47. The lowest BCUT2D eigenvalue weighted by atomic mass is 9.95. The molecule has 1 amide bonds. The van der Waals surface area contributed by atoms with Crippen LogP contribution < -0.4 is 14.4 Å². The lowest BCUT2D eigenvalue weighted by Gasteiger charge is -2.26. The van der Waals surface area contributed by atoms with Crippen molar-refractivity contribution in [2.24, 2.45) is 0 Å². The summed E-state index contributed by atoms with van der Waals surface area (Å²) in [6.45, 7) is -0.509. The zero-order chi connectivity index (χ0) is 24.2. The molecular weight excluding hydrogens is 438 g/mol. The number of carbonyl (C=O) groups excluding carboxylic acids is 2. The molecule has 8 nitrogen and oxygen atoms in total. The Hall–Kier alpha value is -4.59. The molecule has 4 rings (SSSR count). The highest BCUT2D eigenvalue weighted by molar-refractivity contribution is 6.51. The van der Waals surface area contributed by atoms with Crippen molar-refractivity contribution in [3.8, 4) is 11.5 Å². The Morgan fingerprint density at radius 2 is 1.62 bits per heavy atom. The minimum atomic E-state index is -1.12. The molecule has 34 heavy (non-hydrogen) atoms. The molecule has 0 saturated carbocycles. The van der Waals surface area contributed by atoms with E-state index in [1.54, 1.807) is 66.7 Å². The minimum Gasteiger partial charge on any atom is -0.507 e. The molecule has 1 unspecified atom stereocenters. The normalized spacial score (nSPS) is 17.0. The summed E-state index contributed by atoms with van der Waals surface area (Å²) in [6.07, 6.45) is 0. The van der Waals surface area contributed by atoms with Gasteiger partial charge in [-0.15, -0.1) is 0 Å². The average Bonchev–Trinajstić information content (AvgIpc) is 3.13. The molecule has 1 heterocycles. The summed E-state index contributed by atoms with van der Waals surface area (Å²) in [5.74, 6) is -2.20. The van der Waals surface area contributed by atoms with Crippen LogP contribution in [0.15, 0.2) is 84.4 Å². The third kappa shape index (κ3) is 4.33. The van der Waals surface area contributed by atoms with E-state index in [9.17, 15) is 19.5 Å². The largest absolute Gasteiger partial charge is 0.507 e. The van der Waals surface area contributed by atoms with Gasteiger partial charge in [0.15, 0.2) is 6.61 Å². The van der Waals surface area contributed by atoms with Crippen molar-refractivity contribution in [1.29, 1.82) is 0 Å². The molecule has 8 heteroatoms. The van der Waals surface area contributed by atoms with Crippen LogP contribution >= 0.6 is 0 Å². The molecule has 1 aliphatic rings. The molecule has 0 aromatic heterocycles. The van der Waals surface area contributed by atoms with Gasteiger partial charge in [-0.25, -0.2) is 4.79 Å². The van der Waals surface area contributed by atoms with Crippen molar-refractivity contribution >= 4 is 29.1 Å². The first-order valence-electron chi connectivity index (χ1n) is 10.4. The maximum atomic E-state index is 13.2. The lowest BCUT2D eigenvalue weighted by Crippen LogP contribution is -2.29. The first-order chi connectivity index (χ1) is 16.4. The van der Waals surface area contributed by atoms with Crippen LogP contribution in [0.5, 0.6) is 11.5 Å². The van der Waals surface area contributed by atoms with Gasteiger partial charge in [-0.2, -0.15) is 0 Å². The Morgan fingerprint density at radius 1 is 0.912 bits per heavy atom. The van der Waals surface area contributed by atoms with Crippen LogP contribution in [0.4, 0.5) is 5.69 Å². The number of carbonyl (C=O) groups is 3. The van der Waals surface area contributed by atoms with Crippen LogP contribution in [-0.2, 0) is 14.4 Å². The van der Waals surface area contributed by atoms with E-state index in [4.69, 9.17) is 14.6 Å². The van der Waals surface area contributed by atoms with Crippen LogP contribution in [0.1, 0.15) is 17.2 Å². The molecule has 0 radical (unpaired) electrons. The summed E-state index contributed by atoms with van der Waals surface area (Å²) in [4.78, 5) is 38.4. The number of hydrogen-bond donors (Lipinski definition) is 2. The number of carboxylic acids is 1. The summed E-state index contributed by atoms with van der Waals surface area (Å²) in [5, 5.41) is 19.9. The molecule has 1 atom stereocenters. The number of anilines is 1. The van der Waals surface area contributed by atoms with Crippen molar-refractivity contribution in [3.63, 3.8) is 0 Å². The molecular formula is C26H21NO7. The SMILES string of the molecule is COc1cccc(C2C(=C(O)c3ccccc3)C(=O)C(=O)N2c2ccc(OCC(=O)O)cc2)c1. The van der Waals surface area contributed by atoms with Gasteiger partial charge in [0, 0.05) is 11.3 Å². The van der Waals surface area contributed by atoms with Gasteiger partial charge in [-0.05, 0) is 42.0 Å². The summed E-state index contributed by atoms with van der Waals surface area (Å²) in [6, 6.07) is 20.7. The number of aliphatic hydroxyl groups is 1. The Balaban J connectivity index is 1.84. The predicted molar refractivity (Wildman–Crippen MR) is 124 cm³/mol. The number of hydrogen-bond acceptors (Lipinski definition) is 6. The van der Waals surface area contributed by atoms with E-state index in [0.717, 1.165) is 0 Å². The van der Waals surface area contributed by atoms with Crippen molar-refractivity contribution in [3.05, 3.63) is 95.6 Å². The fourth-order valence-electron chi connectivity index (χ4n) is 3.83. The molecule has 0 spiro atoms. The number of benzene rings is 3. The fourth-order valence-corrected chi connectivity index (χ4v) is 3.83. The number of aliphatic hydroxyl groups excluding tert-OH is 1. The smallest absolute Gasteiger partial charge is 0.341 e. The van der Waals surface area contributed by atoms with E-state index in [-0.39, 0.29) is 11.3 Å².